The number of H-pyrrole nitrogens is 1. The standard InChI is InChI=1S/C20H27N3O3S/c1-3-5-11-27(25,26)23(10-4-2)18-13-15-6-7-16(12-17(15)14-18)19-8-9-20(24)22-21-19/h6-9,12,18H,3-5,10-11,13-14H2,1-2H3,(H,22,24). The quantitative estimate of drug-likeness (QED) is 0.752. The van der Waals surface area contributed by atoms with E-state index in [2.05, 4.69) is 22.3 Å². The summed E-state index contributed by atoms with van der Waals surface area (Å²) in [5.41, 5.74) is 3.77. The third-order valence-corrected chi connectivity index (χ3v) is 7.06. The molecule has 7 heteroatoms. The van der Waals surface area contributed by atoms with Crippen molar-refractivity contribution in [3.63, 3.8) is 0 Å². The van der Waals surface area contributed by atoms with Crippen LogP contribution in [-0.4, -0.2) is 41.3 Å². The molecule has 0 saturated carbocycles. The van der Waals surface area contributed by atoms with Crippen LogP contribution in [0.3, 0.4) is 0 Å². The van der Waals surface area contributed by atoms with Gasteiger partial charge in [-0.3, -0.25) is 4.79 Å². The van der Waals surface area contributed by atoms with E-state index in [4.69, 9.17) is 0 Å². The number of hydrogen-bond acceptors (Lipinski definition) is 4. The normalized spacial score (nSPS) is 16.6. The number of rotatable bonds is 8. The molecule has 3 rings (SSSR count). The Bertz CT molecular complexity index is 933. The van der Waals surface area contributed by atoms with E-state index in [-0.39, 0.29) is 17.4 Å². The first kappa shape index (κ1) is 19.8. The third-order valence-electron chi connectivity index (χ3n) is 5.06. The van der Waals surface area contributed by atoms with E-state index in [1.807, 2.05) is 19.9 Å². The zero-order valence-electron chi connectivity index (χ0n) is 15.9. The number of aromatic amines is 1. The summed E-state index contributed by atoms with van der Waals surface area (Å²) in [5, 5.41) is 6.54. The summed E-state index contributed by atoms with van der Waals surface area (Å²) in [6.45, 7) is 4.60. The smallest absolute Gasteiger partial charge is 0.264 e. The highest BCUT2D eigenvalue weighted by Crippen LogP contribution is 2.31. The largest absolute Gasteiger partial charge is 0.268 e. The highest BCUT2D eigenvalue weighted by molar-refractivity contribution is 7.89. The Labute approximate surface area is 160 Å². The molecule has 6 nitrogen and oxygen atoms in total. The average Bonchev–Trinajstić information content (AvgIpc) is 3.07. The first-order valence-electron chi connectivity index (χ1n) is 9.62. The summed E-state index contributed by atoms with van der Waals surface area (Å²) in [6, 6.07) is 9.25. The number of hydrogen-bond donors (Lipinski definition) is 1. The maximum Gasteiger partial charge on any atom is 0.264 e. The van der Waals surface area contributed by atoms with E-state index in [9.17, 15) is 13.2 Å². The monoisotopic (exact) mass is 389 g/mol. The number of fused-ring (bicyclic) bond motifs is 1. The molecule has 0 bridgehead atoms. The van der Waals surface area contributed by atoms with E-state index < -0.39 is 10.0 Å². The molecule has 0 saturated heterocycles. The van der Waals surface area contributed by atoms with E-state index in [0.717, 1.165) is 36.8 Å². The van der Waals surface area contributed by atoms with Crippen molar-refractivity contribution in [1.29, 1.82) is 0 Å². The Balaban J connectivity index is 1.83. The zero-order chi connectivity index (χ0) is 19.4. The minimum atomic E-state index is -3.23. The number of sulfonamides is 1. The fraction of sp³-hybridized carbons (Fsp3) is 0.500. The van der Waals surface area contributed by atoms with Gasteiger partial charge in [-0.15, -0.1) is 0 Å². The first-order valence-corrected chi connectivity index (χ1v) is 11.2. The van der Waals surface area contributed by atoms with Crippen LogP contribution in [0.15, 0.2) is 35.1 Å². The third kappa shape index (κ3) is 4.47. The molecule has 0 fully saturated rings. The van der Waals surface area contributed by atoms with Gasteiger partial charge in [-0.25, -0.2) is 13.5 Å². The highest BCUT2D eigenvalue weighted by Gasteiger charge is 2.33. The maximum absolute atomic E-state index is 12.8. The van der Waals surface area contributed by atoms with Gasteiger partial charge in [0.2, 0.25) is 10.0 Å². The van der Waals surface area contributed by atoms with E-state index in [1.165, 1.54) is 11.6 Å². The van der Waals surface area contributed by atoms with E-state index in [1.54, 1.807) is 10.4 Å². The molecule has 1 atom stereocenters. The molecule has 0 aliphatic heterocycles. The van der Waals surface area contributed by atoms with Crippen LogP contribution in [0.2, 0.25) is 0 Å². The van der Waals surface area contributed by atoms with Crippen molar-refractivity contribution in [2.75, 3.05) is 12.3 Å². The van der Waals surface area contributed by atoms with Gasteiger partial charge in [0.25, 0.3) is 5.56 Å². The fourth-order valence-electron chi connectivity index (χ4n) is 3.68. The molecule has 1 unspecified atom stereocenters. The van der Waals surface area contributed by atoms with Gasteiger partial charge in [0.15, 0.2) is 0 Å². The van der Waals surface area contributed by atoms with Crippen molar-refractivity contribution in [2.45, 2.75) is 52.0 Å². The highest BCUT2D eigenvalue weighted by atomic mass is 32.2. The van der Waals surface area contributed by atoms with E-state index in [0.29, 0.717) is 18.7 Å². The molecule has 1 aliphatic carbocycles. The molecule has 1 aromatic carbocycles. The van der Waals surface area contributed by atoms with Gasteiger partial charge in [0.1, 0.15) is 0 Å². The summed E-state index contributed by atoms with van der Waals surface area (Å²) in [7, 11) is -3.23. The Morgan fingerprint density at radius 2 is 1.89 bits per heavy atom. The molecule has 27 heavy (non-hydrogen) atoms. The molecule has 1 aliphatic rings. The van der Waals surface area contributed by atoms with Crippen LogP contribution in [0.25, 0.3) is 11.3 Å². The minimum absolute atomic E-state index is 0.0133. The number of benzene rings is 1. The predicted molar refractivity (Wildman–Crippen MR) is 107 cm³/mol. The number of nitrogens with one attached hydrogen (secondary N) is 1. The summed E-state index contributed by atoms with van der Waals surface area (Å²) in [4.78, 5) is 11.2. The molecule has 2 aromatic rings. The van der Waals surface area contributed by atoms with Gasteiger partial charge in [-0.2, -0.15) is 9.40 Å². The second-order valence-corrected chi connectivity index (χ2v) is 9.17. The predicted octanol–water partition coefficient (Wildman–Crippen LogP) is 2.75. The van der Waals surface area contributed by atoms with Crippen LogP contribution in [0.1, 0.15) is 44.2 Å². The Kier molecular flexibility index (Phi) is 6.11. The summed E-state index contributed by atoms with van der Waals surface area (Å²) in [5.74, 6) is 0.225. The van der Waals surface area contributed by atoms with E-state index >= 15 is 0 Å². The fourth-order valence-corrected chi connectivity index (χ4v) is 5.63. The SMILES string of the molecule is CCCCS(=O)(=O)N(CCC)C1Cc2ccc(-c3ccc(=O)[nH]n3)cc2C1. The van der Waals surface area contributed by atoms with Gasteiger partial charge in [0, 0.05) is 24.2 Å². The number of nitrogens with zero attached hydrogens (tertiary/aromatic N) is 2. The Morgan fingerprint density at radius 3 is 2.56 bits per heavy atom. The molecular weight excluding hydrogens is 362 g/mol. The van der Waals surface area contributed by atoms with Crippen LogP contribution in [0.4, 0.5) is 0 Å². The van der Waals surface area contributed by atoms with Crippen molar-refractivity contribution >= 4 is 10.0 Å². The van der Waals surface area contributed by atoms with Crippen molar-refractivity contribution in [3.8, 4) is 11.3 Å². The van der Waals surface area contributed by atoms with Crippen LogP contribution in [-0.2, 0) is 22.9 Å². The van der Waals surface area contributed by atoms with Gasteiger partial charge in [-0.1, -0.05) is 32.4 Å². The van der Waals surface area contributed by atoms with Crippen molar-refractivity contribution < 1.29 is 8.42 Å². The molecule has 1 N–H and O–H groups in total. The van der Waals surface area contributed by atoms with Gasteiger partial charge in [-0.05, 0) is 48.9 Å². The lowest BCUT2D eigenvalue weighted by molar-refractivity contribution is 0.326. The van der Waals surface area contributed by atoms with Gasteiger partial charge < -0.3 is 0 Å². The topological polar surface area (TPSA) is 83.1 Å². The lowest BCUT2D eigenvalue weighted by Gasteiger charge is -2.27. The van der Waals surface area contributed by atoms with Crippen LogP contribution in [0.5, 0.6) is 0 Å². The zero-order valence-corrected chi connectivity index (χ0v) is 16.8. The van der Waals surface area contributed by atoms with Crippen molar-refractivity contribution in [2.24, 2.45) is 0 Å². The summed E-state index contributed by atoms with van der Waals surface area (Å²) >= 11 is 0. The molecular formula is C20H27N3O3S. The second-order valence-electron chi connectivity index (χ2n) is 7.13. The Morgan fingerprint density at radius 1 is 1.11 bits per heavy atom. The van der Waals surface area contributed by atoms with Crippen LogP contribution >= 0.6 is 0 Å². The average molecular weight is 390 g/mol. The summed E-state index contributed by atoms with van der Waals surface area (Å²) < 4.78 is 27.4. The lowest BCUT2D eigenvalue weighted by Crippen LogP contribution is -2.42. The summed E-state index contributed by atoms with van der Waals surface area (Å²) in [6.07, 6.45) is 3.85. The van der Waals surface area contributed by atoms with Gasteiger partial charge >= 0.3 is 0 Å². The molecule has 1 heterocycles. The molecule has 1 aromatic heterocycles. The van der Waals surface area contributed by atoms with Crippen molar-refractivity contribution in [1.82, 2.24) is 14.5 Å². The molecule has 146 valence electrons. The Hall–Kier alpha value is -1.99. The number of aromatic nitrogens is 2. The van der Waals surface area contributed by atoms with Crippen molar-refractivity contribution in [3.05, 3.63) is 51.8 Å². The van der Waals surface area contributed by atoms with Crippen LogP contribution < -0.4 is 5.56 Å². The maximum atomic E-state index is 12.8. The van der Waals surface area contributed by atoms with Gasteiger partial charge in [0.05, 0.1) is 11.4 Å². The lowest BCUT2D eigenvalue weighted by atomic mass is 10.0. The molecule has 0 amide bonds. The second kappa shape index (κ2) is 8.35. The van der Waals surface area contributed by atoms with Crippen LogP contribution in [0, 0.1) is 0 Å². The molecule has 0 radical (unpaired) electrons. The molecule has 0 spiro atoms. The number of unbranched alkanes of at least 4 members (excludes halogenated alkanes) is 1. The first-order chi connectivity index (χ1) is 12.9. The minimum Gasteiger partial charge on any atom is -0.268 e.